The van der Waals surface area contributed by atoms with Crippen molar-refractivity contribution < 1.29 is 8.42 Å². The SMILES string of the molecule is Cc1nn(C)nc1S(=O)(=O)N1CCN(CC(C)C)CC1. The van der Waals surface area contributed by atoms with Crippen molar-refractivity contribution in [1.82, 2.24) is 24.2 Å². The Morgan fingerprint density at radius 1 is 1.15 bits per heavy atom. The van der Waals surface area contributed by atoms with Crippen LogP contribution in [-0.2, 0) is 17.1 Å². The number of hydrogen-bond donors (Lipinski definition) is 0. The molecule has 0 aliphatic carbocycles. The number of sulfonamides is 1. The summed E-state index contributed by atoms with van der Waals surface area (Å²) in [5, 5.41) is 8.08. The first kappa shape index (κ1) is 15.4. The number of aromatic nitrogens is 3. The van der Waals surface area contributed by atoms with Crippen LogP contribution in [0, 0.1) is 12.8 Å². The van der Waals surface area contributed by atoms with E-state index < -0.39 is 10.0 Å². The van der Waals surface area contributed by atoms with Gasteiger partial charge in [0.15, 0.2) is 0 Å². The van der Waals surface area contributed by atoms with Crippen LogP contribution in [0.4, 0.5) is 0 Å². The average molecular weight is 301 g/mol. The molecule has 0 bridgehead atoms. The number of nitrogens with zero attached hydrogens (tertiary/aromatic N) is 5. The fourth-order valence-electron chi connectivity index (χ4n) is 2.52. The first-order valence-electron chi connectivity index (χ1n) is 6.91. The highest BCUT2D eigenvalue weighted by Gasteiger charge is 2.32. The highest BCUT2D eigenvalue weighted by atomic mass is 32.2. The molecule has 114 valence electrons. The van der Waals surface area contributed by atoms with E-state index in [1.807, 2.05) is 0 Å². The van der Waals surface area contributed by atoms with Crippen LogP contribution in [0.2, 0.25) is 0 Å². The number of piperazine rings is 1. The molecule has 0 aromatic carbocycles. The Morgan fingerprint density at radius 2 is 1.75 bits per heavy atom. The van der Waals surface area contributed by atoms with Gasteiger partial charge in [-0.15, -0.1) is 5.10 Å². The van der Waals surface area contributed by atoms with Gasteiger partial charge in [0, 0.05) is 39.8 Å². The van der Waals surface area contributed by atoms with E-state index in [0.717, 1.165) is 19.6 Å². The van der Waals surface area contributed by atoms with E-state index in [4.69, 9.17) is 0 Å². The summed E-state index contributed by atoms with van der Waals surface area (Å²) in [6.07, 6.45) is 0. The second-order valence-corrected chi connectivity index (χ2v) is 7.53. The van der Waals surface area contributed by atoms with Gasteiger partial charge in [-0.3, -0.25) is 0 Å². The van der Waals surface area contributed by atoms with Crippen LogP contribution in [0.15, 0.2) is 5.03 Å². The summed E-state index contributed by atoms with van der Waals surface area (Å²) in [6.45, 7) is 9.62. The fourth-order valence-corrected chi connectivity index (χ4v) is 4.04. The molecule has 1 aromatic heterocycles. The fraction of sp³-hybridized carbons (Fsp3) is 0.833. The van der Waals surface area contributed by atoms with Crippen molar-refractivity contribution in [3.05, 3.63) is 5.69 Å². The average Bonchev–Trinajstić information content (AvgIpc) is 2.69. The van der Waals surface area contributed by atoms with Crippen LogP contribution in [0.25, 0.3) is 0 Å². The normalized spacial score (nSPS) is 18.9. The first-order valence-corrected chi connectivity index (χ1v) is 8.35. The Kier molecular flexibility index (Phi) is 4.46. The van der Waals surface area contributed by atoms with Gasteiger partial charge in [0.1, 0.15) is 5.69 Å². The summed E-state index contributed by atoms with van der Waals surface area (Å²) < 4.78 is 26.6. The quantitative estimate of drug-likeness (QED) is 0.788. The molecule has 0 N–H and O–H groups in total. The molecular formula is C12H23N5O2S. The minimum absolute atomic E-state index is 0.0808. The van der Waals surface area contributed by atoms with Crippen LogP contribution in [0.1, 0.15) is 19.5 Å². The molecule has 8 heteroatoms. The lowest BCUT2D eigenvalue weighted by molar-refractivity contribution is 0.172. The minimum atomic E-state index is -3.51. The van der Waals surface area contributed by atoms with Crippen LogP contribution in [0.3, 0.4) is 0 Å². The first-order chi connectivity index (χ1) is 9.30. The third kappa shape index (κ3) is 3.18. The maximum Gasteiger partial charge on any atom is 0.264 e. The standard InChI is InChI=1S/C12H23N5O2S/c1-10(2)9-16-5-7-17(8-6-16)20(18,19)12-11(3)13-15(4)14-12/h10H,5-9H2,1-4H3. The molecule has 0 atom stereocenters. The Morgan fingerprint density at radius 3 is 2.20 bits per heavy atom. The van der Waals surface area contributed by atoms with Gasteiger partial charge >= 0.3 is 0 Å². The van der Waals surface area contributed by atoms with Crippen molar-refractivity contribution in [3.63, 3.8) is 0 Å². The molecule has 0 radical (unpaired) electrons. The Hall–Kier alpha value is -0.990. The Bertz CT molecular complexity index is 558. The number of aryl methyl sites for hydroxylation is 2. The van der Waals surface area contributed by atoms with E-state index in [0.29, 0.717) is 24.7 Å². The van der Waals surface area contributed by atoms with Gasteiger partial charge < -0.3 is 4.90 Å². The molecular weight excluding hydrogens is 278 g/mol. The molecule has 1 fully saturated rings. The van der Waals surface area contributed by atoms with E-state index in [1.54, 1.807) is 14.0 Å². The maximum atomic E-state index is 12.5. The second kappa shape index (κ2) is 5.79. The van der Waals surface area contributed by atoms with Gasteiger partial charge in [-0.25, -0.2) is 8.42 Å². The summed E-state index contributed by atoms with van der Waals surface area (Å²) >= 11 is 0. The summed E-state index contributed by atoms with van der Waals surface area (Å²) in [7, 11) is -1.88. The van der Waals surface area contributed by atoms with Gasteiger partial charge in [-0.1, -0.05) is 13.8 Å². The van der Waals surface area contributed by atoms with E-state index in [2.05, 4.69) is 28.9 Å². The number of rotatable bonds is 4. The molecule has 1 aliphatic heterocycles. The molecule has 1 aromatic rings. The molecule has 1 saturated heterocycles. The summed E-state index contributed by atoms with van der Waals surface area (Å²) in [5.74, 6) is 0.598. The minimum Gasteiger partial charge on any atom is -0.300 e. The third-order valence-electron chi connectivity index (χ3n) is 3.38. The molecule has 0 spiro atoms. The van der Waals surface area contributed by atoms with Crippen molar-refractivity contribution in [3.8, 4) is 0 Å². The zero-order valence-electron chi connectivity index (χ0n) is 12.6. The third-order valence-corrected chi connectivity index (χ3v) is 5.29. The van der Waals surface area contributed by atoms with E-state index in [9.17, 15) is 8.42 Å². The Balaban J connectivity index is 2.08. The van der Waals surface area contributed by atoms with Crippen molar-refractivity contribution >= 4 is 10.0 Å². The van der Waals surface area contributed by atoms with Gasteiger partial charge in [0.25, 0.3) is 10.0 Å². The largest absolute Gasteiger partial charge is 0.300 e. The van der Waals surface area contributed by atoms with Crippen molar-refractivity contribution in [2.24, 2.45) is 13.0 Å². The van der Waals surface area contributed by atoms with Gasteiger partial charge in [0.05, 0.1) is 0 Å². The lowest BCUT2D eigenvalue weighted by Crippen LogP contribution is -2.49. The van der Waals surface area contributed by atoms with Crippen molar-refractivity contribution in [2.45, 2.75) is 25.8 Å². The molecule has 0 saturated carbocycles. The van der Waals surface area contributed by atoms with Crippen LogP contribution in [-0.4, -0.2) is 65.3 Å². The van der Waals surface area contributed by atoms with Crippen molar-refractivity contribution in [2.75, 3.05) is 32.7 Å². The summed E-state index contributed by atoms with van der Waals surface area (Å²) in [6, 6.07) is 0. The smallest absolute Gasteiger partial charge is 0.264 e. The zero-order chi connectivity index (χ0) is 14.9. The summed E-state index contributed by atoms with van der Waals surface area (Å²) in [4.78, 5) is 3.61. The predicted octanol–water partition coefficient (Wildman–Crippen LogP) is 0.0858. The molecule has 0 unspecified atom stereocenters. The van der Waals surface area contributed by atoms with Gasteiger partial charge in [-0.05, 0) is 12.8 Å². The zero-order valence-corrected chi connectivity index (χ0v) is 13.4. The lowest BCUT2D eigenvalue weighted by atomic mass is 10.2. The van der Waals surface area contributed by atoms with Crippen LogP contribution in [0.5, 0.6) is 0 Å². The molecule has 7 nitrogen and oxygen atoms in total. The van der Waals surface area contributed by atoms with Gasteiger partial charge in [0.2, 0.25) is 5.03 Å². The maximum absolute atomic E-state index is 12.5. The number of hydrogen-bond acceptors (Lipinski definition) is 5. The topological polar surface area (TPSA) is 71.3 Å². The monoisotopic (exact) mass is 301 g/mol. The highest BCUT2D eigenvalue weighted by Crippen LogP contribution is 2.18. The lowest BCUT2D eigenvalue weighted by Gasteiger charge is -2.34. The van der Waals surface area contributed by atoms with Crippen LogP contribution < -0.4 is 0 Å². The van der Waals surface area contributed by atoms with Gasteiger partial charge in [-0.2, -0.15) is 14.2 Å². The van der Waals surface area contributed by atoms with Crippen LogP contribution >= 0.6 is 0 Å². The van der Waals surface area contributed by atoms with E-state index >= 15 is 0 Å². The highest BCUT2D eigenvalue weighted by molar-refractivity contribution is 7.89. The summed E-state index contributed by atoms with van der Waals surface area (Å²) in [5.41, 5.74) is 0.456. The molecule has 2 rings (SSSR count). The molecule has 1 aliphatic rings. The Labute approximate surface area is 120 Å². The predicted molar refractivity (Wildman–Crippen MR) is 75.8 cm³/mol. The van der Waals surface area contributed by atoms with E-state index in [1.165, 1.54) is 9.10 Å². The molecule has 2 heterocycles. The van der Waals surface area contributed by atoms with E-state index in [-0.39, 0.29) is 5.03 Å². The molecule has 20 heavy (non-hydrogen) atoms. The van der Waals surface area contributed by atoms with Crippen molar-refractivity contribution in [1.29, 1.82) is 0 Å². The molecule has 0 amide bonds. The second-order valence-electron chi connectivity index (χ2n) is 5.68.